The number of carbonyl (C=O) groups is 3. The van der Waals surface area contributed by atoms with Crippen molar-refractivity contribution in [2.24, 2.45) is 5.41 Å². The molecule has 11 nitrogen and oxygen atoms in total. The maximum Gasteiger partial charge on any atom is 0.513 e. The molecule has 1 aromatic heterocycles. The lowest BCUT2D eigenvalue weighted by Crippen LogP contribution is -2.58. The predicted molar refractivity (Wildman–Crippen MR) is 165 cm³/mol. The Morgan fingerprint density at radius 2 is 1.61 bits per heavy atom. The molecule has 0 bridgehead atoms. The Morgan fingerprint density at radius 3 is 2.20 bits per heavy atom. The molecule has 2 saturated heterocycles. The van der Waals surface area contributed by atoms with Gasteiger partial charge in [-0.05, 0) is 47.9 Å². The van der Waals surface area contributed by atoms with Gasteiger partial charge in [0.2, 0.25) is 0 Å². The number of amides is 1. The maximum absolute atomic E-state index is 14.2. The summed E-state index contributed by atoms with van der Waals surface area (Å²) in [5.41, 5.74) is 1.40. The largest absolute Gasteiger partial charge is 0.513 e. The summed E-state index contributed by atoms with van der Waals surface area (Å²) in [6.45, 7) is 1.50. The molecule has 4 aromatic rings. The fourth-order valence-electron chi connectivity index (χ4n) is 5.98. The molecule has 2 aliphatic rings. The number of hydrogen-bond acceptors (Lipinski definition) is 9. The molecule has 2 fully saturated rings. The molecule has 0 radical (unpaired) electrons. The first kappa shape index (κ1) is 30.2. The van der Waals surface area contributed by atoms with Gasteiger partial charge in [-0.15, -0.1) is 0 Å². The normalized spacial score (nSPS) is 21.0. The quantitative estimate of drug-likeness (QED) is 0.0559. The first-order valence-corrected chi connectivity index (χ1v) is 14.6. The maximum atomic E-state index is 14.2. The highest BCUT2D eigenvalue weighted by Crippen LogP contribution is 2.50. The van der Waals surface area contributed by atoms with Crippen molar-refractivity contribution in [3.05, 3.63) is 142 Å². The van der Waals surface area contributed by atoms with Gasteiger partial charge in [0.15, 0.2) is 6.10 Å². The molecule has 2 aliphatic heterocycles. The van der Waals surface area contributed by atoms with Crippen molar-refractivity contribution in [2.45, 2.75) is 31.5 Å². The average Bonchev–Trinajstić information content (AvgIpc) is 3.36. The van der Waals surface area contributed by atoms with Crippen LogP contribution >= 0.6 is 0 Å². The Morgan fingerprint density at radius 1 is 0.978 bits per heavy atom. The molecule has 1 amide bonds. The van der Waals surface area contributed by atoms with E-state index < -0.39 is 40.7 Å². The monoisotopic (exact) mass is 619 g/mol. The van der Waals surface area contributed by atoms with Crippen LogP contribution in [0.1, 0.15) is 36.3 Å². The Hall–Kier alpha value is -5.84. The Kier molecular flexibility index (Phi) is 8.30. The number of ether oxygens (including phenoxy) is 3. The lowest BCUT2D eigenvalue weighted by molar-refractivity contribution is -0.384. The predicted octanol–water partition coefficient (Wildman–Crippen LogP) is 5.91. The lowest BCUT2D eigenvalue weighted by atomic mass is 9.81. The first-order chi connectivity index (χ1) is 22.2. The van der Waals surface area contributed by atoms with Crippen LogP contribution in [0.25, 0.3) is 6.08 Å². The van der Waals surface area contributed by atoms with E-state index in [0.717, 1.165) is 11.1 Å². The molecule has 0 spiro atoms. The molecule has 0 N–H and O–H groups in total. The van der Waals surface area contributed by atoms with Gasteiger partial charge in [0.25, 0.3) is 11.6 Å². The van der Waals surface area contributed by atoms with Crippen molar-refractivity contribution in [3.63, 3.8) is 0 Å². The molecule has 1 unspecified atom stereocenters. The van der Waals surface area contributed by atoms with Crippen LogP contribution in [0.5, 0.6) is 5.75 Å². The zero-order valence-electron chi connectivity index (χ0n) is 24.7. The summed E-state index contributed by atoms with van der Waals surface area (Å²) in [4.78, 5) is 56.6. The van der Waals surface area contributed by atoms with E-state index in [-0.39, 0.29) is 24.0 Å². The fourth-order valence-corrected chi connectivity index (χ4v) is 5.98. The zero-order chi connectivity index (χ0) is 32.3. The summed E-state index contributed by atoms with van der Waals surface area (Å²) < 4.78 is 16.9. The van der Waals surface area contributed by atoms with Gasteiger partial charge in [-0.1, -0.05) is 73.7 Å². The molecule has 3 heterocycles. The van der Waals surface area contributed by atoms with E-state index in [0.29, 0.717) is 17.7 Å². The molecule has 3 aromatic carbocycles. The fraction of sp³-hybridized carbons (Fsp3) is 0.200. The second-order valence-corrected chi connectivity index (χ2v) is 11.4. The number of nitrogens with zero attached hydrogens (tertiary/aromatic N) is 3. The molecular weight excluding hydrogens is 590 g/mol. The average molecular weight is 620 g/mol. The van der Waals surface area contributed by atoms with E-state index in [1.807, 2.05) is 66.7 Å². The number of β-lactam (4-membered cyclic amide) rings is 1. The smallest absolute Gasteiger partial charge is 0.451 e. The molecule has 46 heavy (non-hydrogen) atoms. The molecule has 0 saturated carbocycles. The van der Waals surface area contributed by atoms with Crippen molar-refractivity contribution in [1.82, 2.24) is 9.88 Å². The topological polar surface area (TPSA) is 138 Å². The van der Waals surface area contributed by atoms with Crippen LogP contribution in [0.2, 0.25) is 0 Å². The number of non-ortho nitro benzene ring substituents is 1. The number of pyridine rings is 1. The Balaban J connectivity index is 1.26. The summed E-state index contributed by atoms with van der Waals surface area (Å²) in [5.74, 6) is -0.915. The van der Waals surface area contributed by atoms with E-state index in [4.69, 9.17) is 14.2 Å². The summed E-state index contributed by atoms with van der Waals surface area (Å²) >= 11 is 0. The van der Waals surface area contributed by atoms with E-state index in [2.05, 4.69) is 4.98 Å². The number of nitro benzene ring substituents is 1. The van der Waals surface area contributed by atoms with Crippen LogP contribution in [0.4, 0.5) is 10.5 Å². The zero-order valence-corrected chi connectivity index (χ0v) is 24.7. The lowest BCUT2D eigenvalue weighted by Gasteiger charge is -2.41. The van der Waals surface area contributed by atoms with Crippen LogP contribution in [-0.2, 0) is 19.1 Å². The summed E-state index contributed by atoms with van der Waals surface area (Å²) in [7, 11) is 0. The molecule has 3 atom stereocenters. The first-order valence-electron chi connectivity index (χ1n) is 14.6. The Bertz CT molecular complexity index is 1740. The van der Waals surface area contributed by atoms with Gasteiger partial charge in [0.05, 0.1) is 16.7 Å². The second kappa shape index (κ2) is 12.6. The molecule has 11 heteroatoms. The molecule has 232 valence electrons. The third-order valence-corrected chi connectivity index (χ3v) is 8.20. The highest BCUT2D eigenvalue weighted by molar-refractivity contribution is 6.08. The van der Waals surface area contributed by atoms with Gasteiger partial charge in [0.1, 0.15) is 18.4 Å². The highest BCUT2D eigenvalue weighted by atomic mass is 16.7. The number of fused-ring (bicyclic) bond motifs is 1. The molecule has 0 aliphatic carbocycles. The van der Waals surface area contributed by atoms with Crippen molar-refractivity contribution >= 4 is 29.8 Å². The van der Waals surface area contributed by atoms with Gasteiger partial charge in [-0.25, -0.2) is 9.59 Å². The molecule has 6 rings (SSSR count). The van der Waals surface area contributed by atoms with Crippen molar-refractivity contribution in [2.75, 3.05) is 6.61 Å². The van der Waals surface area contributed by atoms with Crippen LogP contribution in [0.3, 0.4) is 0 Å². The van der Waals surface area contributed by atoms with Gasteiger partial charge in [-0.3, -0.25) is 19.9 Å². The number of carbonyl (C=O) groups excluding carboxylic acids is 3. The van der Waals surface area contributed by atoms with Crippen LogP contribution in [-0.4, -0.2) is 51.5 Å². The van der Waals surface area contributed by atoms with E-state index in [1.54, 1.807) is 31.3 Å². The Labute approximate surface area is 264 Å². The number of rotatable bonds is 9. The number of hydrogen-bond donors (Lipinski definition) is 0. The van der Waals surface area contributed by atoms with Crippen LogP contribution < -0.4 is 4.74 Å². The standard InChI is InChI=1S/C35H29N3O8/c1-35(22-44-34(41)45-27-17-15-26(16-18-27)38(42)43)21-29-28(20-25-14-8-9-19-36-25)32(39)37(29)31(35)33(40)46-30(23-10-4-2-5-11-23)24-12-6-3-7-13-24/h2-20,29-31H,21-22H2,1H3/b28-20+/t29?,31-,35-/m0/s1. The summed E-state index contributed by atoms with van der Waals surface area (Å²) in [5, 5.41) is 10.9. The number of aromatic nitrogens is 1. The highest BCUT2D eigenvalue weighted by Gasteiger charge is 2.63. The van der Waals surface area contributed by atoms with Gasteiger partial charge in [-0.2, -0.15) is 0 Å². The minimum absolute atomic E-state index is 0.0521. The van der Waals surface area contributed by atoms with E-state index >= 15 is 0 Å². The number of nitro groups is 1. The van der Waals surface area contributed by atoms with E-state index in [9.17, 15) is 24.5 Å². The van der Waals surface area contributed by atoms with Crippen molar-refractivity contribution < 1.29 is 33.5 Å². The van der Waals surface area contributed by atoms with Crippen molar-refractivity contribution in [1.29, 1.82) is 0 Å². The second-order valence-electron chi connectivity index (χ2n) is 11.4. The summed E-state index contributed by atoms with van der Waals surface area (Å²) in [6.07, 6.45) is 1.84. The molecular formula is C35H29N3O8. The van der Waals surface area contributed by atoms with Crippen LogP contribution in [0, 0.1) is 15.5 Å². The summed E-state index contributed by atoms with van der Waals surface area (Å²) in [6, 6.07) is 27.4. The van der Waals surface area contributed by atoms with E-state index in [1.165, 1.54) is 29.2 Å². The number of benzene rings is 3. The minimum atomic E-state index is -1.08. The SMILES string of the molecule is C[C@@]1(COC(=O)Oc2ccc([N+](=O)[O-])cc2)CC2/C(=C\c3ccccn3)C(=O)N2[C@H]1C(=O)OC(c1ccccc1)c1ccccc1. The minimum Gasteiger partial charge on any atom is -0.451 e. The number of esters is 1. The van der Waals surface area contributed by atoms with Gasteiger partial charge < -0.3 is 19.1 Å². The van der Waals surface area contributed by atoms with Crippen molar-refractivity contribution in [3.8, 4) is 5.75 Å². The van der Waals surface area contributed by atoms with Gasteiger partial charge in [0, 0.05) is 29.3 Å². The third-order valence-electron chi connectivity index (χ3n) is 8.20. The third kappa shape index (κ3) is 6.07. The van der Waals surface area contributed by atoms with Gasteiger partial charge >= 0.3 is 12.1 Å². The van der Waals surface area contributed by atoms with Crippen LogP contribution in [0.15, 0.2) is 115 Å².